The second kappa shape index (κ2) is 8.72. The van der Waals surface area contributed by atoms with E-state index in [4.69, 9.17) is 26.5 Å². The molecule has 2 saturated heterocycles. The van der Waals surface area contributed by atoms with Gasteiger partial charge in [0.15, 0.2) is 4.90 Å². The lowest BCUT2D eigenvalue weighted by Gasteiger charge is -2.42. The highest BCUT2D eigenvalue weighted by molar-refractivity contribution is 7.87. The van der Waals surface area contributed by atoms with Gasteiger partial charge in [-0.2, -0.15) is 16.8 Å². The fourth-order valence-corrected chi connectivity index (χ4v) is 11.1. The predicted molar refractivity (Wildman–Crippen MR) is 111 cm³/mol. The van der Waals surface area contributed by atoms with Gasteiger partial charge in [-0.25, -0.2) is 0 Å². The maximum atomic E-state index is 14.0. The van der Waals surface area contributed by atoms with Crippen LogP contribution in [0.15, 0.2) is 0 Å². The molecule has 2 aliphatic rings. The minimum atomic E-state index is -4.41. The Balaban J connectivity index is 2.47. The average molecular weight is 528 g/mol. The summed E-state index contributed by atoms with van der Waals surface area (Å²) in [7, 11) is -16.6. The van der Waals surface area contributed by atoms with Crippen LogP contribution in [0.5, 0.6) is 0 Å². The lowest BCUT2D eigenvalue weighted by molar-refractivity contribution is 0.0437. The fraction of sp³-hybridized carbons (Fsp3) is 1.00. The Morgan fingerprint density at radius 3 is 1.35 bits per heavy atom. The second-order valence-corrected chi connectivity index (χ2v) is 17.1. The van der Waals surface area contributed by atoms with Gasteiger partial charge in [0, 0.05) is 0 Å². The third-order valence-corrected chi connectivity index (χ3v) is 14.3. The zero-order valence-corrected chi connectivity index (χ0v) is 21.8. The van der Waals surface area contributed by atoms with E-state index in [1.165, 1.54) is 41.5 Å². The molecule has 2 fully saturated rings. The van der Waals surface area contributed by atoms with Crippen LogP contribution in [0, 0.1) is 0 Å². The molecule has 0 saturated carbocycles. The van der Waals surface area contributed by atoms with Crippen LogP contribution in [-0.4, -0.2) is 70.9 Å². The molecule has 16 heteroatoms. The van der Waals surface area contributed by atoms with Crippen molar-refractivity contribution in [2.45, 2.75) is 57.6 Å². The summed E-state index contributed by atoms with van der Waals surface area (Å²) in [5.74, 6) is -1.17. The first kappa shape index (κ1) is 27.4. The topological polar surface area (TPSA) is 158 Å². The van der Waals surface area contributed by atoms with Gasteiger partial charge in [0.05, 0.1) is 26.4 Å². The quantitative estimate of drug-likeness (QED) is 0.302. The molecule has 2 heterocycles. The zero-order chi connectivity index (χ0) is 24.0. The third-order valence-electron chi connectivity index (χ3n) is 4.67. The lowest BCUT2D eigenvalue weighted by Crippen LogP contribution is -2.40. The van der Waals surface area contributed by atoms with E-state index < -0.39 is 76.2 Å². The summed E-state index contributed by atoms with van der Waals surface area (Å²) < 4.78 is 107. The Kier molecular flexibility index (Phi) is 7.70. The van der Waals surface area contributed by atoms with Gasteiger partial charge in [-0.1, -0.05) is 0 Å². The predicted octanol–water partition coefficient (Wildman–Crippen LogP) is 2.45. The number of rotatable bonds is 10. The van der Waals surface area contributed by atoms with E-state index >= 15 is 0 Å². The van der Waals surface area contributed by atoms with Gasteiger partial charge in [-0.15, -0.1) is 0 Å². The van der Waals surface area contributed by atoms with Crippen LogP contribution in [-0.2, 0) is 55.8 Å². The van der Waals surface area contributed by atoms with E-state index in [-0.39, 0.29) is 13.2 Å². The Morgan fingerprint density at radius 2 is 1.13 bits per heavy atom. The summed E-state index contributed by atoms with van der Waals surface area (Å²) in [6, 6.07) is 0. The molecule has 0 aromatic rings. The van der Waals surface area contributed by atoms with Crippen LogP contribution in [0.25, 0.3) is 0 Å². The smallest absolute Gasteiger partial charge is 0.308 e. The number of hydrogen-bond donors (Lipinski definition) is 0. The van der Waals surface area contributed by atoms with Crippen LogP contribution in [0.3, 0.4) is 0 Å². The molecule has 31 heavy (non-hydrogen) atoms. The Morgan fingerprint density at radius 1 is 0.806 bits per heavy atom. The molecule has 4 atom stereocenters. The molecule has 0 aromatic heterocycles. The zero-order valence-electron chi connectivity index (χ0n) is 18.4. The molecule has 0 radical (unpaired) electrons. The lowest BCUT2D eigenvalue weighted by atomic mass is 10.2. The standard InChI is InChI=1S/C15H30O12P2S2/c1-7-22-28(16,26-14(5)9-24-30(18,19)11-14)13(3,4)29(17,23-8-2)27-15(6)10-25-31(20,21)12-15/h7-12H2,1-6H3. The van der Waals surface area contributed by atoms with E-state index in [1.54, 1.807) is 0 Å². The van der Waals surface area contributed by atoms with Crippen molar-refractivity contribution in [3.63, 3.8) is 0 Å². The molecule has 12 nitrogen and oxygen atoms in total. The first-order valence-corrected chi connectivity index (χ1v) is 15.8. The monoisotopic (exact) mass is 528 g/mol. The van der Waals surface area contributed by atoms with Crippen LogP contribution in [0.4, 0.5) is 0 Å². The van der Waals surface area contributed by atoms with Gasteiger partial charge in [-0.05, 0) is 41.5 Å². The van der Waals surface area contributed by atoms with E-state index in [0.717, 1.165) is 0 Å². The van der Waals surface area contributed by atoms with E-state index in [1.807, 2.05) is 0 Å². The highest BCUT2D eigenvalue weighted by Gasteiger charge is 2.64. The maximum absolute atomic E-state index is 14.0. The summed E-state index contributed by atoms with van der Waals surface area (Å²) in [6.07, 6.45) is 0. The summed E-state index contributed by atoms with van der Waals surface area (Å²) >= 11 is 0. The molecular weight excluding hydrogens is 498 g/mol. The molecule has 0 amide bonds. The number of hydrogen-bond acceptors (Lipinski definition) is 12. The molecule has 0 N–H and O–H groups in total. The summed E-state index contributed by atoms with van der Waals surface area (Å²) in [5.41, 5.74) is -3.08. The van der Waals surface area contributed by atoms with Crippen LogP contribution >= 0.6 is 15.2 Å². The summed E-state index contributed by atoms with van der Waals surface area (Å²) in [6.45, 7) is 7.31. The molecule has 4 unspecified atom stereocenters. The summed E-state index contributed by atoms with van der Waals surface area (Å²) in [5, 5.41) is 0. The molecule has 0 bridgehead atoms. The SMILES string of the molecule is CCOP(=O)(OC1(C)COS(=O)(=O)C1)C(C)(C)P(=O)(OCC)OC1(C)COS(=O)(=O)C1. The normalized spacial score (nSPS) is 34.3. The fourth-order valence-electron chi connectivity index (χ4n) is 3.11. The van der Waals surface area contributed by atoms with Crippen LogP contribution < -0.4 is 0 Å². The third kappa shape index (κ3) is 5.79. The van der Waals surface area contributed by atoms with Gasteiger partial charge in [0.25, 0.3) is 20.2 Å². The van der Waals surface area contributed by atoms with Crippen molar-refractivity contribution in [2.24, 2.45) is 0 Å². The van der Waals surface area contributed by atoms with Crippen molar-refractivity contribution >= 4 is 35.4 Å². The van der Waals surface area contributed by atoms with Gasteiger partial charge < -0.3 is 9.05 Å². The van der Waals surface area contributed by atoms with E-state index in [9.17, 15) is 26.0 Å². The van der Waals surface area contributed by atoms with E-state index in [2.05, 4.69) is 0 Å². The first-order valence-electron chi connectivity index (χ1n) is 9.51. The molecule has 0 aliphatic carbocycles. The molecule has 2 aliphatic heterocycles. The second-order valence-electron chi connectivity index (χ2n) is 8.34. The average Bonchev–Trinajstić information content (AvgIpc) is 3.00. The summed E-state index contributed by atoms with van der Waals surface area (Å²) in [4.78, 5) is -1.95. The Hall–Kier alpha value is 0.120. The molecule has 2 rings (SSSR count). The van der Waals surface area contributed by atoms with Crippen molar-refractivity contribution in [1.82, 2.24) is 0 Å². The minimum absolute atomic E-state index is 0.120. The van der Waals surface area contributed by atoms with Crippen molar-refractivity contribution < 1.29 is 52.4 Å². The van der Waals surface area contributed by atoms with Gasteiger partial charge in [-0.3, -0.25) is 26.5 Å². The van der Waals surface area contributed by atoms with Crippen molar-refractivity contribution in [2.75, 3.05) is 37.9 Å². The van der Waals surface area contributed by atoms with Gasteiger partial charge in [0.1, 0.15) is 22.7 Å². The largest absolute Gasteiger partial charge is 0.348 e. The van der Waals surface area contributed by atoms with Gasteiger partial charge in [0.2, 0.25) is 0 Å². The molecular formula is C15H30O12P2S2. The van der Waals surface area contributed by atoms with E-state index in [0.29, 0.717) is 0 Å². The molecule has 0 spiro atoms. The van der Waals surface area contributed by atoms with Gasteiger partial charge >= 0.3 is 15.2 Å². The first-order chi connectivity index (χ1) is 13.9. The van der Waals surface area contributed by atoms with Crippen molar-refractivity contribution in [3.8, 4) is 0 Å². The van der Waals surface area contributed by atoms with Crippen molar-refractivity contribution in [1.29, 1.82) is 0 Å². The van der Waals surface area contributed by atoms with Crippen LogP contribution in [0.1, 0.15) is 41.5 Å². The Bertz CT molecular complexity index is 913. The molecule has 184 valence electrons. The molecule has 0 aromatic carbocycles. The van der Waals surface area contributed by atoms with Crippen LogP contribution in [0.2, 0.25) is 0 Å². The maximum Gasteiger partial charge on any atom is 0.348 e. The highest BCUT2D eigenvalue weighted by Crippen LogP contribution is 2.79. The van der Waals surface area contributed by atoms with Crippen molar-refractivity contribution in [3.05, 3.63) is 0 Å². The highest BCUT2D eigenvalue weighted by atomic mass is 32.2. The Labute approximate surface area is 183 Å². The minimum Gasteiger partial charge on any atom is -0.308 e.